The van der Waals surface area contributed by atoms with Crippen LogP contribution in [0.2, 0.25) is 5.02 Å². The summed E-state index contributed by atoms with van der Waals surface area (Å²) in [7, 11) is 5.66. The number of hydrogen-bond donors (Lipinski definition) is 2. The van der Waals surface area contributed by atoms with E-state index in [1.165, 1.54) is 24.4 Å². The number of hydrogen-bond acceptors (Lipinski definition) is 7. The van der Waals surface area contributed by atoms with E-state index < -0.39 is 0 Å². The summed E-state index contributed by atoms with van der Waals surface area (Å²) in [5, 5.41) is 7.76. The Hall–Kier alpha value is -3.53. The number of aromatic nitrogens is 3. The van der Waals surface area contributed by atoms with Gasteiger partial charge >= 0.3 is 0 Å². The second kappa shape index (κ2) is 11.7. The topological polar surface area (TPSA) is 84.3 Å². The zero-order valence-electron chi connectivity index (χ0n) is 22.2. The number of thioether (sulfide) groups is 1. The molecule has 1 aliphatic carbocycles. The lowest BCUT2D eigenvalue weighted by Crippen LogP contribution is -2.15. The van der Waals surface area contributed by atoms with Crippen molar-refractivity contribution in [3.63, 3.8) is 0 Å². The van der Waals surface area contributed by atoms with Crippen molar-refractivity contribution in [3.05, 3.63) is 66.5 Å². The number of ether oxygens (including phenoxy) is 1. The van der Waals surface area contributed by atoms with E-state index in [4.69, 9.17) is 21.3 Å². The van der Waals surface area contributed by atoms with Crippen LogP contribution in [0, 0.1) is 0 Å². The highest BCUT2D eigenvalue weighted by Gasteiger charge is 2.27. The van der Waals surface area contributed by atoms with E-state index >= 15 is 0 Å². The first-order chi connectivity index (χ1) is 18.9. The van der Waals surface area contributed by atoms with Gasteiger partial charge in [-0.3, -0.25) is 4.79 Å². The molecule has 2 aromatic heterocycles. The van der Waals surface area contributed by atoms with Crippen molar-refractivity contribution in [1.82, 2.24) is 19.4 Å². The van der Waals surface area contributed by atoms with Crippen LogP contribution in [0.25, 0.3) is 22.2 Å². The predicted octanol–water partition coefficient (Wildman–Crippen LogP) is 6.62. The zero-order valence-corrected chi connectivity index (χ0v) is 23.8. The molecule has 2 heterocycles. The molecule has 0 radical (unpaired) electrons. The maximum atomic E-state index is 12.2. The van der Waals surface area contributed by atoms with E-state index in [2.05, 4.69) is 56.1 Å². The molecular formula is C29H31ClN6O2S. The Balaban J connectivity index is 1.50. The molecule has 39 heavy (non-hydrogen) atoms. The number of anilines is 3. The molecule has 202 valence electrons. The Kier molecular flexibility index (Phi) is 8.11. The number of halogens is 1. The highest BCUT2D eigenvalue weighted by Crippen LogP contribution is 2.43. The Morgan fingerprint density at radius 2 is 2.08 bits per heavy atom. The molecule has 0 aliphatic heterocycles. The number of benzene rings is 2. The van der Waals surface area contributed by atoms with E-state index in [1.807, 2.05) is 32.3 Å². The van der Waals surface area contributed by atoms with Gasteiger partial charge in [0.25, 0.3) is 0 Å². The minimum absolute atomic E-state index is 0.294. The number of carbonyl (C=O) groups is 1. The smallest absolute Gasteiger partial charge is 0.247 e. The SMILES string of the molecule is C=CC(=O)Nc1cc(Nc2ncc(Cl)c(-c3cn(C4CC4)c4ccccc34)n2)c(OC)cc1SCCN(C)C. The van der Waals surface area contributed by atoms with E-state index in [9.17, 15) is 4.79 Å². The van der Waals surface area contributed by atoms with Gasteiger partial charge in [-0.25, -0.2) is 9.97 Å². The van der Waals surface area contributed by atoms with Gasteiger partial charge in [0.15, 0.2) is 0 Å². The summed E-state index contributed by atoms with van der Waals surface area (Å²) in [6.45, 7) is 4.47. The first-order valence-corrected chi connectivity index (χ1v) is 14.1. The maximum Gasteiger partial charge on any atom is 0.247 e. The summed E-state index contributed by atoms with van der Waals surface area (Å²) in [6, 6.07) is 12.6. The minimum Gasteiger partial charge on any atom is -0.495 e. The molecule has 1 aliphatic rings. The number of rotatable bonds is 11. The predicted molar refractivity (Wildman–Crippen MR) is 161 cm³/mol. The lowest BCUT2D eigenvalue weighted by Gasteiger charge is -2.17. The third kappa shape index (κ3) is 6.06. The lowest BCUT2D eigenvalue weighted by molar-refractivity contribution is -0.111. The van der Waals surface area contributed by atoms with Crippen molar-refractivity contribution in [2.45, 2.75) is 23.8 Å². The molecule has 1 saturated carbocycles. The van der Waals surface area contributed by atoms with Crippen molar-refractivity contribution >= 4 is 57.5 Å². The van der Waals surface area contributed by atoms with Crippen LogP contribution in [0.4, 0.5) is 17.3 Å². The fourth-order valence-corrected chi connectivity index (χ4v) is 5.68. The monoisotopic (exact) mass is 562 g/mol. The fourth-order valence-electron chi connectivity index (χ4n) is 4.35. The molecule has 2 N–H and O–H groups in total. The molecule has 8 nitrogen and oxygen atoms in total. The molecule has 5 rings (SSSR count). The van der Waals surface area contributed by atoms with Gasteiger partial charge in [0, 0.05) is 45.9 Å². The highest BCUT2D eigenvalue weighted by atomic mass is 35.5. The van der Waals surface area contributed by atoms with Gasteiger partial charge in [-0.2, -0.15) is 0 Å². The van der Waals surface area contributed by atoms with Gasteiger partial charge < -0.3 is 24.8 Å². The third-order valence-corrected chi connectivity index (χ3v) is 7.78. The molecular weight excluding hydrogens is 532 g/mol. The number of carbonyl (C=O) groups excluding carboxylic acids is 1. The summed E-state index contributed by atoms with van der Waals surface area (Å²) in [5.41, 5.74) is 4.05. The van der Waals surface area contributed by atoms with Gasteiger partial charge in [0.1, 0.15) is 5.75 Å². The number of fused-ring (bicyclic) bond motifs is 1. The van der Waals surface area contributed by atoms with Crippen molar-refractivity contribution in [2.24, 2.45) is 0 Å². The molecule has 1 fully saturated rings. The second-order valence-electron chi connectivity index (χ2n) is 9.61. The fraction of sp³-hybridized carbons (Fsp3) is 0.276. The summed E-state index contributed by atoms with van der Waals surface area (Å²) in [5.74, 6) is 1.52. The molecule has 0 atom stereocenters. The number of nitrogens with one attached hydrogen (secondary N) is 2. The van der Waals surface area contributed by atoms with Crippen LogP contribution >= 0.6 is 23.4 Å². The summed E-state index contributed by atoms with van der Waals surface area (Å²) >= 11 is 8.27. The lowest BCUT2D eigenvalue weighted by atomic mass is 10.1. The van der Waals surface area contributed by atoms with Crippen LogP contribution < -0.4 is 15.4 Å². The van der Waals surface area contributed by atoms with Gasteiger partial charge in [-0.1, -0.05) is 36.4 Å². The first-order valence-electron chi connectivity index (χ1n) is 12.7. The minimum atomic E-state index is -0.294. The molecule has 4 aromatic rings. The Morgan fingerprint density at radius 3 is 2.79 bits per heavy atom. The van der Waals surface area contributed by atoms with Crippen LogP contribution in [0.3, 0.4) is 0 Å². The number of nitrogens with zero attached hydrogens (tertiary/aromatic N) is 4. The van der Waals surface area contributed by atoms with Crippen LogP contribution in [-0.4, -0.2) is 58.8 Å². The standard InChI is InChI=1S/C29H31ClN6O2S/c1-5-27(37)32-23-14-22(25(38-4)15-26(23)39-13-12-35(2)3)33-29-31-16-21(30)28(34-29)20-17-36(18-10-11-18)24-9-7-6-8-19(20)24/h5-9,14-18H,1,10-13H2,2-4H3,(H,32,37)(H,31,33,34). The second-order valence-corrected chi connectivity index (χ2v) is 11.2. The number of para-hydroxylation sites is 1. The number of amides is 1. The molecule has 2 aromatic carbocycles. The zero-order chi connectivity index (χ0) is 27.5. The van der Waals surface area contributed by atoms with Crippen LogP contribution in [0.5, 0.6) is 5.75 Å². The molecule has 0 unspecified atom stereocenters. The molecule has 0 bridgehead atoms. The molecule has 10 heteroatoms. The van der Waals surface area contributed by atoms with Gasteiger partial charge in [-0.15, -0.1) is 11.8 Å². The molecule has 0 saturated heterocycles. The highest BCUT2D eigenvalue weighted by molar-refractivity contribution is 7.99. The Labute approximate surface area is 237 Å². The van der Waals surface area contributed by atoms with Crippen molar-refractivity contribution in [3.8, 4) is 17.0 Å². The van der Waals surface area contributed by atoms with Gasteiger partial charge in [-0.05, 0) is 51.2 Å². The van der Waals surface area contributed by atoms with Gasteiger partial charge in [0.2, 0.25) is 11.9 Å². The largest absolute Gasteiger partial charge is 0.495 e. The average molecular weight is 563 g/mol. The molecule has 1 amide bonds. The van der Waals surface area contributed by atoms with Crippen LogP contribution in [0.15, 0.2) is 66.3 Å². The maximum absolute atomic E-state index is 12.2. The van der Waals surface area contributed by atoms with Crippen molar-refractivity contribution in [2.75, 3.05) is 44.1 Å². The van der Waals surface area contributed by atoms with Gasteiger partial charge in [0.05, 0.1) is 35.4 Å². The first kappa shape index (κ1) is 27.1. The van der Waals surface area contributed by atoms with Crippen molar-refractivity contribution in [1.29, 1.82) is 0 Å². The molecule has 0 spiro atoms. The van der Waals surface area contributed by atoms with E-state index in [1.54, 1.807) is 25.1 Å². The van der Waals surface area contributed by atoms with Crippen LogP contribution in [0.1, 0.15) is 18.9 Å². The Morgan fingerprint density at radius 1 is 1.28 bits per heavy atom. The van der Waals surface area contributed by atoms with E-state index in [-0.39, 0.29) is 5.91 Å². The Bertz CT molecular complexity index is 1530. The normalized spacial score (nSPS) is 13.1. The number of methoxy groups -OCH3 is 1. The summed E-state index contributed by atoms with van der Waals surface area (Å²) in [6.07, 6.45) is 7.35. The van der Waals surface area contributed by atoms with Crippen molar-refractivity contribution < 1.29 is 9.53 Å². The summed E-state index contributed by atoms with van der Waals surface area (Å²) in [4.78, 5) is 24.5. The van der Waals surface area contributed by atoms with E-state index in [0.29, 0.717) is 39.8 Å². The van der Waals surface area contributed by atoms with E-state index in [0.717, 1.165) is 28.1 Å². The third-order valence-electron chi connectivity index (χ3n) is 6.47. The summed E-state index contributed by atoms with van der Waals surface area (Å²) < 4.78 is 8.02. The quantitative estimate of drug-likeness (QED) is 0.157. The average Bonchev–Trinajstić information content (AvgIpc) is 3.70. The van der Waals surface area contributed by atoms with Crippen LogP contribution in [-0.2, 0) is 4.79 Å².